The number of carbonyl (C=O) groups is 3. The summed E-state index contributed by atoms with van der Waals surface area (Å²) in [5.41, 5.74) is 6.42. The monoisotopic (exact) mass is 507 g/mol. The minimum atomic E-state index is -3.93. The third-order valence-corrected chi connectivity index (χ3v) is 10.1. The molecule has 4 rings (SSSR count). The highest BCUT2D eigenvalue weighted by atomic mass is 35.5. The molecule has 34 heavy (non-hydrogen) atoms. The molecule has 2 heterocycles. The average molecular weight is 508 g/mol. The fraction of sp³-hybridized carbons (Fsp3) is 0.455. The highest BCUT2D eigenvalue weighted by molar-refractivity contribution is 7.95. The first-order valence-corrected chi connectivity index (χ1v) is 12.7. The number of halogens is 1. The van der Waals surface area contributed by atoms with Crippen LogP contribution in [-0.2, 0) is 27.7 Å². The Morgan fingerprint density at radius 2 is 1.85 bits per heavy atom. The van der Waals surface area contributed by atoms with E-state index in [-0.39, 0.29) is 31.2 Å². The molecule has 1 aliphatic carbocycles. The molecule has 0 unspecified atom stereocenters. The van der Waals surface area contributed by atoms with Crippen LogP contribution in [-0.4, -0.2) is 63.2 Å². The van der Waals surface area contributed by atoms with Crippen LogP contribution in [0.15, 0.2) is 30.5 Å². The molecule has 1 saturated carbocycles. The van der Waals surface area contributed by atoms with Gasteiger partial charge in [-0.05, 0) is 44.4 Å². The second kappa shape index (κ2) is 8.38. The van der Waals surface area contributed by atoms with Crippen molar-refractivity contribution in [2.24, 2.45) is 5.73 Å². The van der Waals surface area contributed by atoms with Crippen molar-refractivity contribution in [2.75, 3.05) is 13.1 Å². The molecule has 2 aliphatic rings. The number of sulfone groups is 1. The first-order valence-electron chi connectivity index (χ1n) is 10.8. The highest BCUT2D eigenvalue weighted by Crippen LogP contribution is 2.49. The first-order chi connectivity index (χ1) is 15.9. The van der Waals surface area contributed by atoms with Crippen LogP contribution < -0.4 is 11.1 Å². The van der Waals surface area contributed by atoms with Gasteiger partial charge in [-0.15, -0.1) is 0 Å². The number of carbonyl (C=O) groups excluding carboxylic acids is 3. The van der Waals surface area contributed by atoms with E-state index >= 15 is 0 Å². The molecule has 1 aromatic heterocycles. The summed E-state index contributed by atoms with van der Waals surface area (Å²) in [6, 6.07) is 7.05. The zero-order chi connectivity index (χ0) is 24.9. The quantitative estimate of drug-likeness (QED) is 0.548. The molecule has 182 valence electrons. The zero-order valence-corrected chi connectivity index (χ0v) is 20.4. The zero-order valence-electron chi connectivity index (χ0n) is 18.9. The van der Waals surface area contributed by atoms with Crippen LogP contribution >= 0.6 is 11.6 Å². The van der Waals surface area contributed by atoms with Gasteiger partial charge in [-0.25, -0.2) is 13.4 Å². The Kier molecular flexibility index (Phi) is 5.97. The van der Waals surface area contributed by atoms with Crippen LogP contribution in [0.25, 0.3) is 0 Å². The summed E-state index contributed by atoms with van der Waals surface area (Å²) in [5.74, 6) is -1.64. The van der Waals surface area contributed by atoms with Crippen molar-refractivity contribution in [1.29, 1.82) is 0 Å². The van der Waals surface area contributed by atoms with E-state index in [1.165, 1.54) is 29.5 Å². The lowest BCUT2D eigenvalue weighted by molar-refractivity contribution is -0.119. The predicted molar refractivity (Wildman–Crippen MR) is 125 cm³/mol. The summed E-state index contributed by atoms with van der Waals surface area (Å²) in [4.78, 5) is 43.2. The summed E-state index contributed by atoms with van der Waals surface area (Å²) in [6.45, 7) is 3.34. The molecule has 1 fully saturated rings. The molecule has 10 nitrogen and oxygen atoms in total. The Morgan fingerprint density at radius 3 is 2.44 bits per heavy atom. The van der Waals surface area contributed by atoms with Gasteiger partial charge in [0, 0.05) is 31.2 Å². The average Bonchev–Trinajstić information content (AvgIpc) is 3.45. The summed E-state index contributed by atoms with van der Waals surface area (Å²) in [5, 5.41) is 3.38. The van der Waals surface area contributed by atoms with E-state index in [9.17, 15) is 22.8 Å². The van der Waals surface area contributed by atoms with Gasteiger partial charge in [0.05, 0.1) is 10.9 Å². The molecular weight excluding hydrogens is 482 g/mol. The van der Waals surface area contributed by atoms with Crippen molar-refractivity contribution in [3.8, 4) is 0 Å². The molecule has 3 amide bonds. The third-order valence-electron chi connectivity index (χ3n) is 6.65. The molecule has 3 N–H and O–H groups in total. The predicted octanol–water partition coefficient (Wildman–Crippen LogP) is 1.13. The molecule has 1 aliphatic heterocycles. The minimum Gasteiger partial charge on any atom is -0.368 e. The molecular formula is C22H26ClN5O5S. The van der Waals surface area contributed by atoms with E-state index in [0.717, 1.165) is 5.56 Å². The molecule has 1 aromatic carbocycles. The van der Waals surface area contributed by atoms with Crippen LogP contribution in [0.2, 0.25) is 5.02 Å². The van der Waals surface area contributed by atoms with E-state index < -0.39 is 37.1 Å². The summed E-state index contributed by atoms with van der Waals surface area (Å²) >= 11 is 5.87. The van der Waals surface area contributed by atoms with Gasteiger partial charge in [-0.2, -0.15) is 0 Å². The Bertz CT molecular complexity index is 1270. The Labute approximate surface area is 202 Å². The van der Waals surface area contributed by atoms with E-state index in [0.29, 0.717) is 24.4 Å². The van der Waals surface area contributed by atoms with Gasteiger partial charge >= 0.3 is 0 Å². The van der Waals surface area contributed by atoms with Crippen LogP contribution in [0.3, 0.4) is 0 Å². The van der Waals surface area contributed by atoms with Crippen LogP contribution in [0.1, 0.15) is 53.4 Å². The number of imidazole rings is 1. The lowest BCUT2D eigenvalue weighted by atomic mass is 10.2. The first kappa shape index (κ1) is 24.2. The van der Waals surface area contributed by atoms with Gasteiger partial charge in [-0.1, -0.05) is 23.7 Å². The molecule has 2 aromatic rings. The number of amides is 3. The highest BCUT2D eigenvalue weighted by Gasteiger charge is 2.62. The lowest BCUT2D eigenvalue weighted by Crippen LogP contribution is -2.55. The fourth-order valence-corrected chi connectivity index (χ4v) is 6.56. The molecule has 0 spiro atoms. The van der Waals surface area contributed by atoms with Crippen molar-refractivity contribution in [2.45, 2.75) is 49.3 Å². The second-order valence-electron chi connectivity index (χ2n) is 9.22. The number of aromatic nitrogens is 2. The van der Waals surface area contributed by atoms with Crippen LogP contribution in [0, 0.1) is 0 Å². The van der Waals surface area contributed by atoms with Gasteiger partial charge in [-0.3, -0.25) is 14.4 Å². The Hall–Kier alpha value is -2.92. The van der Waals surface area contributed by atoms with Crippen molar-refractivity contribution in [1.82, 2.24) is 19.8 Å². The third kappa shape index (κ3) is 3.96. The van der Waals surface area contributed by atoms with Gasteiger partial charge in [0.25, 0.3) is 11.8 Å². The topological polar surface area (TPSA) is 144 Å². The number of fused-ring (bicyclic) bond motifs is 1. The van der Waals surface area contributed by atoms with E-state index in [1.807, 2.05) is 0 Å². The summed E-state index contributed by atoms with van der Waals surface area (Å²) in [6.07, 6.45) is 2.04. The molecule has 0 saturated heterocycles. The van der Waals surface area contributed by atoms with Gasteiger partial charge < -0.3 is 20.5 Å². The molecule has 0 atom stereocenters. The molecule has 0 bridgehead atoms. The number of nitrogens with zero attached hydrogens (tertiary/aromatic N) is 3. The van der Waals surface area contributed by atoms with Gasteiger partial charge in [0.15, 0.2) is 15.7 Å². The van der Waals surface area contributed by atoms with Crippen molar-refractivity contribution < 1.29 is 22.8 Å². The number of hydrogen-bond acceptors (Lipinski definition) is 6. The molecule has 12 heteroatoms. The van der Waals surface area contributed by atoms with Crippen molar-refractivity contribution >= 4 is 39.2 Å². The number of hydrogen-bond donors (Lipinski definition) is 2. The van der Waals surface area contributed by atoms with Gasteiger partial charge in [0.2, 0.25) is 5.91 Å². The maximum atomic E-state index is 13.2. The SMILES string of the molecule is CC(C)(C(N)=O)S(=O)(=O)C1(CN2CCn3c(cnc3C(=O)NCc3ccc(Cl)cc3)C2=O)CC1. The van der Waals surface area contributed by atoms with Crippen LogP contribution in [0.5, 0.6) is 0 Å². The summed E-state index contributed by atoms with van der Waals surface area (Å²) < 4.78 is 25.0. The normalized spacial score (nSPS) is 17.3. The number of primary amides is 1. The largest absolute Gasteiger partial charge is 0.368 e. The fourth-order valence-electron chi connectivity index (χ4n) is 4.13. The minimum absolute atomic E-state index is 0.0336. The van der Waals surface area contributed by atoms with E-state index in [1.54, 1.807) is 24.3 Å². The summed E-state index contributed by atoms with van der Waals surface area (Å²) in [7, 11) is -3.93. The number of rotatable bonds is 8. The second-order valence-corrected chi connectivity index (χ2v) is 12.5. The van der Waals surface area contributed by atoms with E-state index in [2.05, 4.69) is 10.3 Å². The van der Waals surface area contributed by atoms with Gasteiger partial charge in [0.1, 0.15) is 10.4 Å². The van der Waals surface area contributed by atoms with Crippen molar-refractivity contribution in [3.05, 3.63) is 52.6 Å². The number of benzene rings is 1. The maximum absolute atomic E-state index is 13.2. The van der Waals surface area contributed by atoms with E-state index in [4.69, 9.17) is 17.3 Å². The molecule has 0 radical (unpaired) electrons. The maximum Gasteiger partial charge on any atom is 0.287 e. The lowest BCUT2D eigenvalue weighted by Gasteiger charge is -2.34. The number of nitrogens with two attached hydrogens (primary N) is 1. The standard InChI is InChI=1S/C22H26ClN5O5S/c1-21(2,20(24)31)34(32,33)22(7-8-22)13-27-9-10-28-16(19(27)30)12-25-17(28)18(29)26-11-14-3-5-15(23)6-4-14/h3-6,12H,7-11,13H2,1-2H3,(H2,24,31)(H,26,29). The Balaban J connectivity index is 1.47. The van der Waals surface area contributed by atoms with Crippen molar-refractivity contribution in [3.63, 3.8) is 0 Å². The number of nitrogens with one attached hydrogen (secondary N) is 1. The smallest absolute Gasteiger partial charge is 0.287 e. The Morgan fingerprint density at radius 1 is 1.21 bits per heavy atom. The van der Waals surface area contributed by atoms with Crippen LogP contribution in [0.4, 0.5) is 0 Å².